The molecule has 0 spiro atoms. The fourth-order valence-corrected chi connectivity index (χ4v) is 4.82. The number of hydrogen-bond acceptors (Lipinski definition) is 6. The van der Waals surface area contributed by atoms with Gasteiger partial charge in [-0.15, -0.1) is 0 Å². The lowest BCUT2D eigenvalue weighted by atomic mass is 10.0. The van der Waals surface area contributed by atoms with Gasteiger partial charge in [0.25, 0.3) is 0 Å². The Kier molecular flexibility index (Phi) is 8.19. The number of fused-ring (bicyclic) bond motifs is 1. The SMILES string of the molecule is COC(=O)N1C(=O)CCc2ccc(OCCCCN3CCN(c4cccc(Cl)c4Cl)CC3)cc21. The summed E-state index contributed by atoms with van der Waals surface area (Å²) in [5.41, 5.74) is 2.49. The molecule has 4 rings (SSSR count). The molecule has 1 fully saturated rings. The van der Waals surface area contributed by atoms with E-state index >= 15 is 0 Å². The van der Waals surface area contributed by atoms with Gasteiger partial charge in [-0.3, -0.25) is 9.69 Å². The summed E-state index contributed by atoms with van der Waals surface area (Å²) in [5, 5.41) is 1.21. The number of amides is 2. The van der Waals surface area contributed by atoms with Gasteiger partial charge in [0.1, 0.15) is 5.75 Å². The summed E-state index contributed by atoms with van der Waals surface area (Å²) in [4.78, 5) is 30.1. The molecule has 2 aromatic rings. The Bertz CT molecular complexity index is 1040. The van der Waals surface area contributed by atoms with Crippen molar-refractivity contribution >= 4 is 46.6 Å². The number of carbonyl (C=O) groups is 2. The number of aryl methyl sites for hydroxylation is 1. The topological polar surface area (TPSA) is 62.3 Å². The predicted octanol–water partition coefficient (Wildman–Crippen LogP) is 5.02. The maximum absolute atomic E-state index is 12.2. The minimum atomic E-state index is -0.666. The highest BCUT2D eigenvalue weighted by molar-refractivity contribution is 6.43. The first-order valence-corrected chi connectivity index (χ1v) is 12.3. The summed E-state index contributed by atoms with van der Waals surface area (Å²) in [6.07, 6.45) is 2.18. The fourth-order valence-electron chi connectivity index (χ4n) is 4.41. The molecule has 7 nitrogen and oxygen atoms in total. The molecule has 0 unspecified atom stereocenters. The highest BCUT2D eigenvalue weighted by atomic mass is 35.5. The van der Waals surface area contributed by atoms with Crippen LogP contribution in [-0.4, -0.2) is 63.3 Å². The van der Waals surface area contributed by atoms with E-state index in [2.05, 4.69) is 9.80 Å². The zero-order valence-corrected chi connectivity index (χ0v) is 20.8. The number of rotatable bonds is 7. The molecule has 1 saturated heterocycles. The van der Waals surface area contributed by atoms with Crippen LogP contribution in [0, 0.1) is 0 Å². The van der Waals surface area contributed by atoms with Crippen LogP contribution in [0.1, 0.15) is 24.8 Å². The normalized spacial score (nSPS) is 16.4. The van der Waals surface area contributed by atoms with Crippen LogP contribution in [-0.2, 0) is 16.0 Å². The van der Waals surface area contributed by atoms with Gasteiger partial charge in [0, 0.05) is 38.7 Å². The van der Waals surface area contributed by atoms with Gasteiger partial charge in [0.05, 0.1) is 35.1 Å². The van der Waals surface area contributed by atoms with Crippen LogP contribution in [0.2, 0.25) is 10.0 Å². The molecule has 0 radical (unpaired) electrons. The average molecular weight is 506 g/mol. The highest BCUT2D eigenvalue weighted by Crippen LogP contribution is 2.33. The Morgan fingerprint density at radius 1 is 1.00 bits per heavy atom. The Morgan fingerprint density at radius 2 is 1.79 bits per heavy atom. The molecule has 2 aromatic carbocycles. The second-order valence-corrected chi connectivity index (χ2v) is 9.23. The van der Waals surface area contributed by atoms with Crippen molar-refractivity contribution in [3.05, 3.63) is 52.0 Å². The third-order valence-corrected chi connectivity index (χ3v) is 7.10. The third-order valence-electron chi connectivity index (χ3n) is 6.29. The van der Waals surface area contributed by atoms with Crippen LogP contribution < -0.4 is 14.5 Å². The lowest BCUT2D eigenvalue weighted by molar-refractivity contribution is -0.118. The smallest absolute Gasteiger partial charge is 0.420 e. The van der Waals surface area contributed by atoms with E-state index in [1.54, 1.807) is 6.07 Å². The van der Waals surface area contributed by atoms with Crippen LogP contribution in [0.25, 0.3) is 0 Å². The highest BCUT2D eigenvalue weighted by Gasteiger charge is 2.30. The minimum Gasteiger partial charge on any atom is -0.494 e. The lowest BCUT2D eigenvalue weighted by Gasteiger charge is -2.36. The molecule has 0 bridgehead atoms. The van der Waals surface area contributed by atoms with Gasteiger partial charge in [0.2, 0.25) is 5.91 Å². The number of hydrogen-bond donors (Lipinski definition) is 0. The molecular weight excluding hydrogens is 477 g/mol. The number of methoxy groups -OCH3 is 1. The summed E-state index contributed by atoms with van der Waals surface area (Å²) >= 11 is 12.5. The van der Waals surface area contributed by atoms with E-state index in [0.29, 0.717) is 40.9 Å². The molecule has 0 atom stereocenters. The number of imide groups is 1. The number of carbonyl (C=O) groups excluding carboxylic acids is 2. The first-order chi connectivity index (χ1) is 16.5. The van der Waals surface area contributed by atoms with Gasteiger partial charge >= 0.3 is 6.09 Å². The fraction of sp³-hybridized carbons (Fsp3) is 0.440. The van der Waals surface area contributed by atoms with Gasteiger partial charge in [-0.2, -0.15) is 0 Å². The molecule has 0 aliphatic carbocycles. The zero-order valence-electron chi connectivity index (χ0n) is 19.3. The minimum absolute atomic E-state index is 0.255. The third kappa shape index (κ3) is 5.59. The quantitative estimate of drug-likeness (QED) is 0.492. The van der Waals surface area contributed by atoms with E-state index < -0.39 is 6.09 Å². The molecule has 2 aliphatic rings. The summed E-state index contributed by atoms with van der Waals surface area (Å²) in [5.74, 6) is 0.392. The van der Waals surface area contributed by atoms with Crippen LogP contribution in [0.4, 0.5) is 16.2 Å². The van der Waals surface area contributed by atoms with Crippen molar-refractivity contribution in [2.75, 3.05) is 56.2 Å². The Labute approximate surface area is 210 Å². The summed E-state index contributed by atoms with van der Waals surface area (Å²) < 4.78 is 10.7. The summed E-state index contributed by atoms with van der Waals surface area (Å²) in [6.45, 7) is 5.37. The van der Waals surface area contributed by atoms with Crippen molar-refractivity contribution in [1.29, 1.82) is 0 Å². The number of nitrogens with zero attached hydrogens (tertiary/aromatic N) is 3. The standard InChI is InChI=1S/C25H29Cl2N3O4/c1-33-25(32)30-22-17-19(9-7-18(22)8-10-23(30)31)34-16-3-2-11-28-12-14-29(15-13-28)21-6-4-5-20(26)24(21)27/h4-7,9,17H,2-3,8,10-16H2,1H3. The van der Waals surface area contributed by atoms with Crippen molar-refractivity contribution < 1.29 is 19.1 Å². The first kappa shape index (κ1) is 24.6. The maximum Gasteiger partial charge on any atom is 0.420 e. The second kappa shape index (κ2) is 11.3. The molecule has 9 heteroatoms. The van der Waals surface area contributed by atoms with Crippen LogP contribution in [0.3, 0.4) is 0 Å². The van der Waals surface area contributed by atoms with Crippen molar-refractivity contribution in [2.24, 2.45) is 0 Å². The first-order valence-electron chi connectivity index (χ1n) is 11.6. The van der Waals surface area contributed by atoms with E-state index in [1.165, 1.54) is 7.11 Å². The van der Waals surface area contributed by atoms with Crippen molar-refractivity contribution in [3.8, 4) is 5.75 Å². The molecule has 182 valence electrons. The number of ether oxygens (including phenoxy) is 2. The van der Waals surface area contributed by atoms with Crippen molar-refractivity contribution in [3.63, 3.8) is 0 Å². The molecule has 2 amide bonds. The predicted molar refractivity (Wildman–Crippen MR) is 134 cm³/mol. The molecule has 0 N–H and O–H groups in total. The molecule has 0 aromatic heterocycles. The maximum atomic E-state index is 12.2. The Morgan fingerprint density at radius 3 is 2.56 bits per heavy atom. The van der Waals surface area contributed by atoms with E-state index in [4.69, 9.17) is 32.7 Å². The number of anilines is 2. The second-order valence-electron chi connectivity index (χ2n) is 8.45. The molecule has 0 saturated carbocycles. The van der Waals surface area contributed by atoms with E-state index in [-0.39, 0.29) is 5.91 Å². The van der Waals surface area contributed by atoms with Crippen molar-refractivity contribution in [1.82, 2.24) is 4.90 Å². The van der Waals surface area contributed by atoms with Crippen LogP contribution >= 0.6 is 23.2 Å². The molecule has 2 aliphatic heterocycles. The summed E-state index contributed by atoms with van der Waals surface area (Å²) in [7, 11) is 1.27. The molecule has 34 heavy (non-hydrogen) atoms. The molecule has 2 heterocycles. The largest absolute Gasteiger partial charge is 0.494 e. The van der Waals surface area contributed by atoms with E-state index in [1.807, 2.05) is 30.3 Å². The van der Waals surface area contributed by atoms with Gasteiger partial charge < -0.3 is 14.4 Å². The average Bonchev–Trinajstić information content (AvgIpc) is 2.85. The number of benzene rings is 2. The Balaban J connectivity index is 1.21. The van der Waals surface area contributed by atoms with E-state index in [0.717, 1.165) is 61.7 Å². The number of halogens is 2. The monoisotopic (exact) mass is 505 g/mol. The van der Waals surface area contributed by atoms with E-state index in [9.17, 15) is 9.59 Å². The number of unbranched alkanes of at least 4 members (excludes halogenated alkanes) is 1. The lowest BCUT2D eigenvalue weighted by Crippen LogP contribution is -2.46. The zero-order chi connectivity index (χ0) is 24.1. The van der Waals surface area contributed by atoms with Crippen LogP contribution in [0.5, 0.6) is 5.75 Å². The van der Waals surface area contributed by atoms with Gasteiger partial charge in [-0.1, -0.05) is 35.3 Å². The van der Waals surface area contributed by atoms with Gasteiger partial charge in [-0.25, -0.2) is 9.69 Å². The van der Waals surface area contributed by atoms with Crippen molar-refractivity contribution in [2.45, 2.75) is 25.7 Å². The van der Waals surface area contributed by atoms with Gasteiger partial charge in [0.15, 0.2) is 0 Å². The van der Waals surface area contributed by atoms with Gasteiger partial charge in [-0.05, 0) is 49.6 Å². The Hall–Kier alpha value is -2.48. The number of piperazine rings is 1. The summed E-state index contributed by atoms with van der Waals surface area (Å²) in [6, 6.07) is 11.3. The van der Waals surface area contributed by atoms with Crippen LogP contribution in [0.15, 0.2) is 36.4 Å². The molecular formula is C25H29Cl2N3O4.